The van der Waals surface area contributed by atoms with Crippen LogP contribution in [0.1, 0.15) is 27.6 Å². The molecule has 1 spiro atoms. The van der Waals surface area contributed by atoms with Gasteiger partial charge >= 0.3 is 0 Å². The number of carbonyl (C=O) groups is 2. The molecule has 2 aliphatic heterocycles. The highest BCUT2D eigenvalue weighted by atomic mass is 16.5. The minimum absolute atomic E-state index is 0.0204. The van der Waals surface area contributed by atoms with Gasteiger partial charge in [-0.3, -0.25) is 9.59 Å². The van der Waals surface area contributed by atoms with E-state index >= 15 is 0 Å². The van der Waals surface area contributed by atoms with Gasteiger partial charge in [-0.15, -0.1) is 0 Å². The first-order valence-electron chi connectivity index (χ1n) is 10.2. The number of ether oxygens (including phenoxy) is 1. The molecule has 4 heteroatoms. The van der Waals surface area contributed by atoms with E-state index in [9.17, 15) is 9.59 Å². The van der Waals surface area contributed by atoms with Gasteiger partial charge in [0.2, 0.25) is 0 Å². The van der Waals surface area contributed by atoms with Gasteiger partial charge in [0, 0.05) is 11.1 Å². The van der Waals surface area contributed by atoms with Crippen molar-refractivity contribution in [2.75, 3.05) is 39.4 Å². The maximum Gasteiger partial charge on any atom is 0.171 e. The van der Waals surface area contributed by atoms with Crippen LogP contribution in [-0.2, 0) is 4.74 Å². The number of quaternary nitrogens is 1. The summed E-state index contributed by atoms with van der Waals surface area (Å²) < 4.78 is 6.42. The van der Waals surface area contributed by atoms with Gasteiger partial charge in [-0.05, 0) is 5.92 Å². The lowest BCUT2D eigenvalue weighted by molar-refractivity contribution is -0.944. The van der Waals surface area contributed by atoms with Crippen molar-refractivity contribution in [2.24, 2.45) is 17.8 Å². The first kappa shape index (κ1) is 19.0. The summed E-state index contributed by atoms with van der Waals surface area (Å²) in [6.07, 6.45) is 0. The molecule has 2 heterocycles. The van der Waals surface area contributed by atoms with E-state index in [0.29, 0.717) is 13.2 Å². The van der Waals surface area contributed by atoms with Crippen LogP contribution in [0.25, 0.3) is 0 Å². The summed E-state index contributed by atoms with van der Waals surface area (Å²) >= 11 is 0. The molecule has 2 saturated heterocycles. The Morgan fingerprint density at radius 1 is 0.786 bits per heavy atom. The summed E-state index contributed by atoms with van der Waals surface area (Å²) in [6, 6.07) is 19.1. The Balaban J connectivity index is 1.67. The van der Waals surface area contributed by atoms with E-state index in [1.165, 1.54) is 0 Å². The number of morpholine rings is 1. The second-order valence-electron chi connectivity index (χ2n) is 8.30. The SMILES string of the molecule is CC1C(C(=O)c2ccccc2)C[N+]2(CCOCC2)CC1C(=O)c1ccccc1. The van der Waals surface area contributed by atoms with Crippen LogP contribution >= 0.6 is 0 Å². The van der Waals surface area contributed by atoms with Gasteiger partial charge in [-0.2, -0.15) is 0 Å². The largest absolute Gasteiger partial charge is 0.370 e. The normalized spacial score (nSPS) is 26.7. The van der Waals surface area contributed by atoms with Crippen LogP contribution in [0, 0.1) is 17.8 Å². The van der Waals surface area contributed by atoms with Gasteiger partial charge in [0.1, 0.15) is 13.1 Å². The lowest BCUT2D eigenvalue weighted by Crippen LogP contribution is -2.65. The molecule has 2 fully saturated rings. The smallest absolute Gasteiger partial charge is 0.171 e. The number of hydrogen-bond acceptors (Lipinski definition) is 3. The average Bonchev–Trinajstić information content (AvgIpc) is 2.76. The third kappa shape index (κ3) is 3.67. The quantitative estimate of drug-likeness (QED) is 0.604. The molecule has 0 radical (unpaired) electrons. The Labute approximate surface area is 166 Å². The monoisotopic (exact) mass is 378 g/mol. The van der Waals surface area contributed by atoms with Gasteiger partial charge in [0.15, 0.2) is 11.6 Å². The zero-order valence-corrected chi connectivity index (χ0v) is 16.4. The summed E-state index contributed by atoms with van der Waals surface area (Å²) in [4.78, 5) is 26.8. The molecule has 0 N–H and O–H groups in total. The molecule has 0 bridgehead atoms. The van der Waals surface area contributed by atoms with E-state index in [1.807, 2.05) is 60.7 Å². The number of ketones is 2. The highest BCUT2D eigenvalue weighted by Gasteiger charge is 2.50. The van der Waals surface area contributed by atoms with Gasteiger partial charge in [0.25, 0.3) is 0 Å². The van der Waals surface area contributed by atoms with E-state index < -0.39 is 0 Å². The fraction of sp³-hybridized carbons (Fsp3) is 0.417. The third-order valence-electron chi connectivity index (χ3n) is 6.65. The Bertz CT molecular complexity index is 764. The number of benzene rings is 2. The molecule has 2 aromatic carbocycles. The van der Waals surface area contributed by atoms with Crippen LogP contribution in [0.5, 0.6) is 0 Å². The van der Waals surface area contributed by atoms with Crippen LogP contribution < -0.4 is 0 Å². The molecule has 0 saturated carbocycles. The summed E-state index contributed by atoms with van der Waals surface area (Å²) in [7, 11) is 0. The van der Waals surface area contributed by atoms with Gasteiger partial charge < -0.3 is 9.22 Å². The first-order valence-corrected chi connectivity index (χ1v) is 10.2. The van der Waals surface area contributed by atoms with Crippen LogP contribution in [-0.4, -0.2) is 55.4 Å². The highest BCUT2D eigenvalue weighted by Crippen LogP contribution is 2.37. The molecule has 4 nitrogen and oxygen atoms in total. The summed E-state index contributed by atoms with van der Waals surface area (Å²) in [5, 5.41) is 0. The van der Waals surface area contributed by atoms with Crippen molar-refractivity contribution in [3.63, 3.8) is 0 Å². The fourth-order valence-electron chi connectivity index (χ4n) is 4.89. The number of Topliss-reactive ketones (excluding diaryl/α,β-unsaturated/α-hetero) is 2. The number of hydrogen-bond donors (Lipinski definition) is 0. The molecule has 4 rings (SSSR count). The predicted molar refractivity (Wildman–Crippen MR) is 108 cm³/mol. The average molecular weight is 378 g/mol. The van der Waals surface area contributed by atoms with Crippen LogP contribution in [0.3, 0.4) is 0 Å². The van der Waals surface area contributed by atoms with E-state index in [4.69, 9.17) is 4.74 Å². The Hall–Kier alpha value is -2.30. The predicted octanol–water partition coefficient (Wildman–Crippen LogP) is 3.48. The molecular weight excluding hydrogens is 350 g/mol. The second kappa shape index (κ2) is 7.98. The molecule has 2 unspecified atom stereocenters. The van der Waals surface area contributed by atoms with Crippen molar-refractivity contribution in [1.29, 1.82) is 0 Å². The molecule has 0 aliphatic carbocycles. The summed E-state index contributed by atoms with van der Waals surface area (Å²) in [6.45, 7) is 6.86. The maximum absolute atomic E-state index is 13.4. The lowest BCUT2D eigenvalue weighted by Gasteiger charge is -2.50. The van der Waals surface area contributed by atoms with Crippen molar-refractivity contribution < 1.29 is 18.8 Å². The van der Waals surface area contributed by atoms with E-state index in [0.717, 1.165) is 41.8 Å². The van der Waals surface area contributed by atoms with Crippen molar-refractivity contribution >= 4 is 11.6 Å². The maximum atomic E-state index is 13.4. The van der Waals surface area contributed by atoms with E-state index in [1.54, 1.807) is 0 Å². The molecule has 0 amide bonds. The van der Waals surface area contributed by atoms with Crippen molar-refractivity contribution in [3.05, 3.63) is 71.8 Å². The molecule has 2 aromatic rings. The summed E-state index contributed by atoms with van der Waals surface area (Å²) in [5.74, 6) is 0.0659. The number of piperidine rings is 1. The standard InChI is InChI=1S/C24H28NO3/c1-18-21(23(26)19-8-4-2-5-9-19)16-25(12-14-28-15-13-25)17-22(18)24(27)20-10-6-3-7-11-20/h2-11,18,21-22H,12-17H2,1H3/q+1. The van der Waals surface area contributed by atoms with Gasteiger partial charge in [0.05, 0.1) is 38.1 Å². The van der Waals surface area contributed by atoms with Gasteiger partial charge in [-0.1, -0.05) is 67.6 Å². The minimum Gasteiger partial charge on any atom is -0.370 e. The van der Waals surface area contributed by atoms with Crippen molar-refractivity contribution in [1.82, 2.24) is 0 Å². The number of carbonyl (C=O) groups excluding carboxylic acids is 2. The number of rotatable bonds is 4. The highest BCUT2D eigenvalue weighted by molar-refractivity contribution is 6.01. The van der Waals surface area contributed by atoms with Crippen LogP contribution in [0.2, 0.25) is 0 Å². The Kier molecular flexibility index (Phi) is 5.42. The molecular formula is C24H28NO3+. The second-order valence-corrected chi connectivity index (χ2v) is 8.30. The molecule has 2 aliphatic rings. The zero-order valence-electron chi connectivity index (χ0n) is 16.4. The molecule has 0 aromatic heterocycles. The van der Waals surface area contributed by atoms with E-state index in [2.05, 4.69) is 6.92 Å². The van der Waals surface area contributed by atoms with Crippen LogP contribution in [0.15, 0.2) is 60.7 Å². The zero-order chi connectivity index (χ0) is 19.6. The van der Waals surface area contributed by atoms with Crippen molar-refractivity contribution in [2.45, 2.75) is 6.92 Å². The lowest BCUT2D eigenvalue weighted by atomic mass is 9.71. The minimum atomic E-state index is -0.146. The van der Waals surface area contributed by atoms with Crippen LogP contribution in [0.4, 0.5) is 0 Å². The van der Waals surface area contributed by atoms with Gasteiger partial charge in [-0.25, -0.2) is 0 Å². The summed E-state index contributed by atoms with van der Waals surface area (Å²) in [5.41, 5.74) is 1.50. The topological polar surface area (TPSA) is 43.4 Å². The fourth-order valence-corrected chi connectivity index (χ4v) is 4.89. The molecule has 28 heavy (non-hydrogen) atoms. The third-order valence-corrected chi connectivity index (χ3v) is 6.65. The molecule has 2 atom stereocenters. The van der Waals surface area contributed by atoms with E-state index in [-0.39, 0.29) is 29.3 Å². The number of nitrogens with zero attached hydrogens (tertiary/aromatic N) is 1. The molecule has 146 valence electrons. The first-order chi connectivity index (χ1) is 13.6. The Morgan fingerprint density at radius 2 is 1.21 bits per heavy atom. The van der Waals surface area contributed by atoms with Crippen molar-refractivity contribution in [3.8, 4) is 0 Å². The Morgan fingerprint density at radius 3 is 1.64 bits per heavy atom.